The molecule has 3 aliphatic carbocycles. The third-order valence-corrected chi connectivity index (χ3v) is 13.6. The number of hydrogen-bond donors (Lipinski definition) is 1. The van der Waals surface area contributed by atoms with Crippen molar-refractivity contribution in [3.05, 3.63) is 143 Å². The summed E-state index contributed by atoms with van der Waals surface area (Å²) in [5.74, 6) is 3.74. The van der Waals surface area contributed by atoms with Gasteiger partial charge in [-0.2, -0.15) is 0 Å². The van der Waals surface area contributed by atoms with Crippen LogP contribution in [0.2, 0.25) is 0 Å². The van der Waals surface area contributed by atoms with Crippen molar-refractivity contribution in [2.75, 3.05) is 0 Å². The SMILES string of the molecule is CCC(CC)C(=O)/C=C(\O)C(CC)CC.Cc1[c-]c(-c2nccc3cc(C(C)C)ccc23)cc(C)c1.Cc1[c-]c(-c2nccc3cc(C4CC5CCC4CC5)ccc23)cc(C)c1.[Ir]. The summed E-state index contributed by atoms with van der Waals surface area (Å²) in [4.78, 5) is 21.0. The van der Waals surface area contributed by atoms with Gasteiger partial charge in [0, 0.05) is 50.4 Å². The number of hydrogen-bond acceptors (Lipinski definition) is 4. The Balaban J connectivity index is 0.000000184. The standard InChI is InChI=1S/C25H26N.C20H20N.C13H24O2.Ir/c1-16-11-17(2)13-22(12-16)25-23-8-7-20(15-21(23)9-10-26-25)24-14-18-3-5-19(24)6-4-18;1-13(2)16-5-6-19-17(12-16)7-8-21-20(19)18-10-14(3)9-15(4)11-18;1-5-10(6-2)12(14)9-13(15)11(7-3)8-4;/h7-12,15,18-19,24H,3-6,14H2,1-2H3;5-10,12-13H,1-4H3;9-11,14H,5-8H2,1-4H3;/q2*-1;;/b;;12-9-;. The molecule has 9 rings (SSSR count). The van der Waals surface area contributed by atoms with Crippen molar-refractivity contribution < 1.29 is 30.0 Å². The molecule has 1 unspecified atom stereocenters. The smallest absolute Gasteiger partial charge is 0.162 e. The number of aromatic nitrogens is 2. The molecular weight excluding hydrogens is 949 g/mol. The number of carbonyl (C=O) groups excluding carboxylic acids is 1. The van der Waals surface area contributed by atoms with Crippen molar-refractivity contribution in [3.8, 4) is 22.5 Å². The van der Waals surface area contributed by atoms with E-state index in [1.807, 2.05) is 40.1 Å². The summed E-state index contributed by atoms with van der Waals surface area (Å²) in [6, 6.07) is 33.7. The molecule has 0 saturated heterocycles. The van der Waals surface area contributed by atoms with E-state index >= 15 is 0 Å². The molecule has 63 heavy (non-hydrogen) atoms. The van der Waals surface area contributed by atoms with Gasteiger partial charge in [0.05, 0.1) is 5.76 Å². The van der Waals surface area contributed by atoms with Crippen LogP contribution in [0.5, 0.6) is 0 Å². The Morgan fingerprint density at radius 3 is 1.65 bits per heavy atom. The van der Waals surface area contributed by atoms with Crippen LogP contribution >= 0.6 is 0 Å². The molecule has 2 aromatic heterocycles. The van der Waals surface area contributed by atoms with Gasteiger partial charge in [-0.3, -0.25) is 4.79 Å². The second-order valence-corrected chi connectivity index (χ2v) is 18.6. The van der Waals surface area contributed by atoms with Gasteiger partial charge in [0.1, 0.15) is 0 Å². The molecule has 5 heteroatoms. The maximum Gasteiger partial charge on any atom is 0.162 e. The molecule has 0 amide bonds. The Hall–Kier alpha value is -4.44. The topological polar surface area (TPSA) is 63.1 Å². The minimum Gasteiger partial charge on any atom is -0.512 e. The van der Waals surface area contributed by atoms with Crippen LogP contribution in [-0.4, -0.2) is 20.9 Å². The summed E-state index contributed by atoms with van der Waals surface area (Å²) >= 11 is 0. The van der Waals surface area contributed by atoms with Crippen LogP contribution in [0.25, 0.3) is 44.1 Å². The Morgan fingerprint density at radius 2 is 1.19 bits per heavy atom. The normalized spacial score (nSPS) is 17.0. The van der Waals surface area contributed by atoms with Gasteiger partial charge in [0.2, 0.25) is 0 Å². The van der Waals surface area contributed by atoms with Crippen LogP contribution in [0.4, 0.5) is 0 Å². The molecule has 3 fully saturated rings. The molecule has 3 saturated carbocycles. The van der Waals surface area contributed by atoms with Gasteiger partial charge in [-0.25, -0.2) is 0 Å². The first-order valence-corrected chi connectivity index (χ1v) is 23.6. The summed E-state index contributed by atoms with van der Waals surface area (Å²) in [5, 5.41) is 14.8. The average Bonchev–Trinajstić information content (AvgIpc) is 3.26. The van der Waals surface area contributed by atoms with Crippen molar-refractivity contribution in [2.24, 2.45) is 23.7 Å². The predicted octanol–water partition coefficient (Wildman–Crippen LogP) is 15.9. The minimum absolute atomic E-state index is 0. The Morgan fingerprint density at radius 1 is 0.683 bits per heavy atom. The molecule has 1 atom stereocenters. The number of fused-ring (bicyclic) bond motifs is 5. The van der Waals surface area contributed by atoms with E-state index in [-0.39, 0.29) is 43.5 Å². The maximum absolute atomic E-state index is 11.7. The van der Waals surface area contributed by atoms with Gasteiger partial charge in [-0.1, -0.05) is 118 Å². The van der Waals surface area contributed by atoms with E-state index in [0.717, 1.165) is 71.5 Å². The van der Waals surface area contributed by atoms with Gasteiger partial charge in [-0.05, 0) is 125 Å². The molecule has 3 aliphatic rings. The van der Waals surface area contributed by atoms with Crippen molar-refractivity contribution in [1.29, 1.82) is 0 Å². The number of pyridine rings is 2. The van der Waals surface area contributed by atoms with Crippen LogP contribution in [-0.2, 0) is 24.9 Å². The molecular formula is C58H70IrN2O2-2. The summed E-state index contributed by atoms with van der Waals surface area (Å²) < 4.78 is 0. The van der Waals surface area contributed by atoms with Crippen LogP contribution in [0.3, 0.4) is 0 Å². The predicted molar refractivity (Wildman–Crippen MR) is 262 cm³/mol. The van der Waals surface area contributed by atoms with E-state index in [2.05, 4.69) is 131 Å². The largest absolute Gasteiger partial charge is 0.512 e. The Labute approximate surface area is 392 Å². The molecule has 335 valence electrons. The average molecular weight is 1020 g/mol. The van der Waals surface area contributed by atoms with Crippen molar-refractivity contribution in [1.82, 2.24) is 9.97 Å². The van der Waals surface area contributed by atoms with E-state index in [4.69, 9.17) is 4.98 Å². The monoisotopic (exact) mass is 1020 g/mol. The summed E-state index contributed by atoms with van der Waals surface area (Å²) in [6.45, 7) is 21.0. The minimum atomic E-state index is 0. The first kappa shape index (κ1) is 49.6. The molecule has 2 heterocycles. The van der Waals surface area contributed by atoms with Crippen LogP contribution < -0.4 is 0 Å². The van der Waals surface area contributed by atoms with Gasteiger partial charge in [0.25, 0.3) is 0 Å². The van der Waals surface area contributed by atoms with Gasteiger partial charge >= 0.3 is 0 Å². The Bertz CT molecular complexity index is 2450. The van der Waals surface area contributed by atoms with Gasteiger partial charge in [0.15, 0.2) is 5.78 Å². The van der Waals surface area contributed by atoms with Crippen LogP contribution in [0.15, 0.2) is 97.0 Å². The number of ketones is 1. The molecule has 0 aliphatic heterocycles. The van der Waals surface area contributed by atoms with Gasteiger partial charge < -0.3 is 15.1 Å². The first-order valence-electron chi connectivity index (χ1n) is 23.6. The van der Waals surface area contributed by atoms with E-state index in [0.29, 0.717) is 5.92 Å². The molecule has 4 nitrogen and oxygen atoms in total. The zero-order chi connectivity index (χ0) is 44.5. The number of carbonyl (C=O) groups is 1. The number of nitrogens with zero attached hydrogens (tertiary/aromatic N) is 2. The number of aliphatic hydroxyl groups excluding tert-OH is 1. The molecule has 4 aromatic carbocycles. The van der Waals surface area contributed by atoms with Gasteiger partial charge in [-0.15, -0.1) is 69.8 Å². The molecule has 2 bridgehead atoms. The van der Waals surface area contributed by atoms with Crippen LogP contribution in [0, 0.1) is 63.5 Å². The number of rotatable bonds is 11. The Kier molecular flexibility index (Phi) is 18.1. The number of aliphatic hydroxyl groups is 1. The second kappa shape index (κ2) is 23.0. The summed E-state index contributed by atoms with van der Waals surface area (Å²) in [6.07, 6.45) is 16.0. The van der Waals surface area contributed by atoms with E-state index in [1.54, 1.807) is 5.56 Å². The van der Waals surface area contributed by atoms with Crippen molar-refractivity contribution >= 4 is 27.3 Å². The molecule has 1 N–H and O–H groups in total. The number of allylic oxidation sites excluding steroid dienone is 2. The fraction of sp³-hybridized carbons (Fsp3) is 0.431. The maximum atomic E-state index is 11.7. The third-order valence-electron chi connectivity index (χ3n) is 13.6. The molecule has 0 spiro atoms. The quantitative estimate of drug-likeness (QED) is 0.0798. The fourth-order valence-corrected chi connectivity index (χ4v) is 10.0. The summed E-state index contributed by atoms with van der Waals surface area (Å²) in [5.41, 5.74) is 12.0. The number of benzene rings is 4. The number of aryl methyl sites for hydroxylation is 4. The van der Waals surface area contributed by atoms with Crippen molar-refractivity contribution in [3.63, 3.8) is 0 Å². The first-order chi connectivity index (χ1) is 29.8. The van der Waals surface area contributed by atoms with E-state index < -0.39 is 0 Å². The fourth-order valence-electron chi connectivity index (χ4n) is 10.0. The van der Waals surface area contributed by atoms with E-state index in [9.17, 15) is 9.90 Å². The zero-order valence-corrected chi connectivity index (χ0v) is 42.0. The summed E-state index contributed by atoms with van der Waals surface area (Å²) in [7, 11) is 0. The second-order valence-electron chi connectivity index (χ2n) is 18.6. The van der Waals surface area contributed by atoms with Crippen molar-refractivity contribution in [2.45, 2.75) is 139 Å². The third kappa shape index (κ3) is 12.4. The van der Waals surface area contributed by atoms with E-state index in [1.165, 1.54) is 82.0 Å². The molecule has 1 radical (unpaired) electrons. The van der Waals surface area contributed by atoms with Crippen LogP contribution in [0.1, 0.15) is 145 Å². The molecule has 6 aromatic rings. The zero-order valence-electron chi connectivity index (χ0n) is 39.6.